The van der Waals surface area contributed by atoms with Crippen molar-refractivity contribution in [2.24, 2.45) is 0 Å². The maximum Gasteiger partial charge on any atom is 0.321 e. The second-order valence-electron chi connectivity index (χ2n) is 3.99. The number of hydrogen-bond acceptors (Lipinski definition) is 4. The zero-order chi connectivity index (χ0) is 15.3. The van der Waals surface area contributed by atoms with Crippen LogP contribution in [0.15, 0.2) is 23.1 Å². The third-order valence-corrected chi connectivity index (χ3v) is 4.67. The summed E-state index contributed by atoms with van der Waals surface area (Å²) in [6.45, 7) is 1.52. The van der Waals surface area contributed by atoms with Crippen molar-refractivity contribution in [2.75, 3.05) is 20.2 Å². The molecule has 0 atom stereocenters. The van der Waals surface area contributed by atoms with Gasteiger partial charge in [-0.1, -0.05) is 18.5 Å². The van der Waals surface area contributed by atoms with Gasteiger partial charge < -0.3 is 4.74 Å². The van der Waals surface area contributed by atoms with Crippen molar-refractivity contribution in [2.45, 2.75) is 18.2 Å². The average molecular weight is 324 g/mol. The number of methoxy groups -OCH3 is 1. The predicted molar refractivity (Wildman–Crippen MR) is 72.5 cm³/mol. The molecule has 0 fully saturated rings. The van der Waals surface area contributed by atoms with E-state index in [2.05, 4.69) is 4.74 Å². The normalized spacial score (nSPS) is 11.7. The van der Waals surface area contributed by atoms with Crippen LogP contribution in [0.1, 0.15) is 13.3 Å². The van der Waals surface area contributed by atoms with Crippen LogP contribution in [0.3, 0.4) is 0 Å². The number of sulfonamides is 1. The summed E-state index contributed by atoms with van der Waals surface area (Å²) in [5.41, 5.74) is 0. The fourth-order valence-electron chi connectivity index (χ4n) is 1.53. The second kappa shape index (κ2) is 7.01. The van der Waals surface area contributed by atoms with E-state index in [0.717, 1.165) is 22.5 Å². The molecule has 0 bridgehead atoms. The minimum absolute atomic E-state index is 0.145. The van der Waals surface area contributed by atoms with Crippen LogP contribution in [0.5, 0.6) is 0 Å². The highest BCUT2D eigenvalue weighted by atomic mass is 35.5. The minimum Gasteiger partial charge on any atom is -0.468 e. The number of esters is 1. The number of hydrogen-bond donors (Lipinski definition) is 0. The standard InChI is InChI=1S/C12H15ClFNO4S/c1-3-6-15(8-12(16)19-2)20(17,18)9-4-5-11(14)10(13)7-9/h4-5,7H,3,6,8H2,1-2H3. The van der Waals surface area contributed by atoms with Crippen LogP contribution in [-0.2, 0) is 19.6 Å². The van der Waals surface area contributed by atoms with Crippen molar-refractivity contribution in [3.63, 3.8) is 0 Å². The minimum atomic E-state index is -3.93. The van der Waals surface area contributed by atoms with E-state index >= 15 is 0 Å². The molecule has 0 heterocycles. The van der Waals surface area contributed by atoms with E-state index in [0.29, 0.717) is 6.42 Å². The SMILES string of the molecule is CCCN(CC(=O)OC)S(=O)(=O)c1ccc(F)c(Cl)c1. The van der Waals surface area contributed by atoms with Crippen molar-refractivity contribution in [3.05, 3.63) is 29.0 Å². The summed E-state index contributed by atoms with van der Waals surface area (Å²) in [5, 5.41) is -0.291. The van der Waals surface area contributed by atoms with Gasteiger partial charge in [0.2, 0.25) is 10.0 Å². The van der Waals surface area contributed by atoms with Gasteiger partial charge in [-0.3, -0.25) is 4.79 Å². The summed E-state index contributed by atoms with van der Waals surface area (Å²) in [7, 11) is -2.75. The first kappa shape index (κ1) is 16.9. The molecule has 20 heavy (non-hydrogen) atoms. The lowest BCUT2D eigenvalue weighted by Crippen LogP contribution is -2.36. The molecule has 0 spiro atoms. The molecular weight excluding hydrogens is 309 g/mol. The number of halogens is 2. The Hall–Kier alpha value is -1.18. The lowest BCUT2D eigenvalue weighted by atomic mass is 10.3. The molecule has 0 aliphatic rings. The zero-order valence-corrected chi connectivity index (χ0v) is 12.7. The number of rotatable bonds is 6. The Bertz CT molecular complexity index is 591. The van der Waals surface area contributed by atoms with E-state index < -0.39 is 28.4 Å². The van der Waals surface area contributed by atoms with Gasteiger partial charge in [0.1, 0.15) is 12.4 Å². The first-order valence-electron chi connectivity index (χ1n) is 5.85. The van der Waals surface area contributed by atoms with Gasteiger partial charge in [-0.25, -0.2) is 12.8 Å². The third-order valence-electron chi connectivity index (χ3n) is 2.53. The lowest BCUT2D eigenvalue weighted by molar-refractivity contribution is -0.140. The van der Waals surface area contributed by atoms with Crippen LogP contribution in [0.2, 0.25) is 5.02 Å². The van der Waals surface area contributed by atoms with E-state index in [9.17, 15) is 17.6 Å². The summed E-state index contributed by atoms with van der Waals surface area (Å²) >= 11 is 5.59. The quantitative estimate of drug-likeness (QED) is 0.752. The Morgan fingerprint density at radius 3 is 2.60 bits per heavy atom. The smallest absolute Gasteiger partial charge is 0.321 e. The van der Waals surface area contributed by atoms with E-state index in [-0.39, 0.29) is 16.5 Å². The molecule has 0 aliphatic carbocycles. The molecule has 0 saturated heterocycles. The maximum atomic E-state index is 13.1. The highest BCUT2D eigenvalue weighted by molar-refractivity contribution is 7.89. The molecule has 0 aliphatic heterocycles. The van der Waals surface area contributed by atoms with Crippen molar-refractivity contribution >= 4 is 27.6 Å². The summed E-state index contributed by atoms with van der Waals surface area (Å²) in [4.78, 5) is 11.1. The molecular formula is C12H15ClFNO4S. The summed E-state index contributed by atoms with van der Waals surface area (Å²) in [5.74, 6) is -1.38. The van der Waals surface area contributed by atoms with Gasteiger partial charge in [-0.2, -0.15) is 4.31 Å². The van der Waals surface area contributed by atoms with Crippen molar-refractivity contribution < 1.29 is 22.3 Å². The first-order chi connectivity index (χ1) is 9.32. The highest BCUT2D eigenvalue weighted by Crippen LogP contribution is 2.22. The molecule has 5 nitrogen and oxygen atoms in total. The van der Waals surface area contributed by atoms with E-state index in [1.165, 1.54) is 7.11 Å². The monoisotopic (exact) mass is 323 g/mol. The van der Waals surface area contributed by atoms with Gasteiger partial charge in [0.05, 0.1) is 17.0 Å². The number of ether oxygens (including phenoxy) is 1. The van der Waals surface area contributed by atoms with Crippen molar-refractivity contribution in [1.29, 1.82) is 0 Å². The number of benzene rings is 1. The summed E-state index contributed by atoms with van der Waals surface area (Å²) in [6.07, 6.45) is 0.519. The van der Waals surface area contributed by atoms with Gasteiger partial charge in [0.25, 0.3) is 0 Å². The van der Waals surface area contributed by atoms with Gasteiger partial charge in [-0.15, -0.1) is 0 Å². The fraction of sp³-hybridized carbons (Fsp3) is 0.417. The molecule has 0 unspecified atom stereocenters. The Morgan fingerprint density at radius 1 is 1.45 bits per heavy atom. The van der Waals surface area contributed by atoms with Crippen LogP contribution in [0.4, 0.5) is 4.39 Å². The van der Waals surface area contributed by atoms with Crippen molar-refractivity contribution in [1.82, 2.24) is 4.31 Å². The van der Waals surface area contributed by atoms with E-state index in [1.807, 2.05) is 0 Å². The largest absolute Gasteiger partial charge is 0.468 e. The lowest BCUT2D eigenvalue weighted by Gasteiger charge is -2.20. The number of nitrogens with zero attached hydrogens (tertiary/aromatic N) is 1. The van der Waals surface area contributed by atoms with Crippen LogP contribution in [-0.4, -0.2) is 38.9 Å². The molecule has 1 aromatic carbocycles. The second-order valence-corrected chi connectivity index (χ2v) is 6.34. The molecule has 0 radical (unpaired) electrons. The molecule has 0 aromatic heterocycles. The summed E-state index contributed by atoms with van der Waals surface area (Å²) in [6, 6.07) is 3.10. The molecule has 0 N–H and O–H groups in total. The van der Waals surface area contributed by atoms with Gasteiger partial charge in [0, 0.05) is 6.54 Å². The van der Waals surface area contributed by atoms with Crippen LogP contribution < -0.4 is 0 Å². The topological polar surface area (TPSA) is 63.7 Å². The van der Waals surface area contributed by atoms with E-state index in [4.69, 9.17) is 11.6 Å². The summed E-state index contributed by atoms with van der Waals surface area (Å²) < 4.78 is 43.3. The fourth-order valence-corrected chi connectivity index (χ4v) is 3.28. The Morgan fingerprint density at radius 2 is 2.10 bits per heavy atom. The molecule has 1 rings (SSSR count). The third kappa shape index (κ3) is 3.91. The molecule has 0 amide bonds. The average Bonchev–Trinajstić information content (AvgIpc) is 2.40. The van der Waals surface area contributed by atoms with Crippen LogP contribution >= 0.6 is 11.6 Å². The zero-order valence-electron chi connectivity index (χ0n) is 11.1. The maximum absolute atomic E-state index is 13.1. The Balaban J connectivity index is 3.14. The molecule has 112 valence electrons. The molecule has 0 saturated carbocycles. The highest BCUT2D eigenvalue weighted by Gasteiger charge is 2.26. The predicted octanol–water partition coefficient (Wildman–Crippen LogP) is 2.05. The van der Waals surface area contributed by atoms with Crippen LogP contribution in [0.25, 0.3) is 0 Å². The van der Waals surface area contributed by atoms with Crippen molar-refractivity contribution in [3.8, 4) is 0 Å². The Kier molecular flexibility index (Phi) is 5.91. The van der Waals surface area contributed by atoms with Gasteiger partial charge in [-0.05, 0) is 24.6 Å². The van der Waals surface area contributed by atoms with Gasteiger partial charge >= 0.3 is 5.97 Å². The Labute approximate surface area is 122 Å². The first-order valence-corrected chi connectivity index (χ1v) is 7.66. The van der Waals surface area contributed by atoms with E-state index in [1.54, 1.807) is 6.92 Å². The molecule has 8 heteroatoms. The number of carbonyl (C=O) groups is 1. The molecule has 1 aromatic rings. The van der Waals surface area contributed by atoms with Crippen LogP contribution in [0, 0.1) is 5.82 Å². The number of carbonyl (C=O) groups excluding carboxylic acids is 1. The van der Waals surface area contributed by atoms with Gasteiger partial charge in [0.15, 0.2) is 0 Å².